The highest BCUT2D eigenvalue weighted by Crippen LogP contribution is 2.30. The summed E-state index contributed by atoms with van der Waals surface area (Å²) in [7, 11) is 3.13. The van der Waals surface area contributed by atoms with Gasteiger partial charge in [-0.2, -0.15) is 13.2 Å². The van der Waals surface area contributed by atoms with E-state index < -0.39 is 11.7 Å². The summed E-state index contributed by atoms with van der Waals surface area (Å²) in [4.78, 5) is 20.8. The van der Waals surface area contributed by atoms with Crippen molar-refractivity contribution in [1.82, 2.24) is 15.2 Å². The lowest BCUT2D eigenvalue weighted by Crippen LogP contribution is -2.46. The van der Waals surface area contributed by atoms with E-state index in [-0.39, 0.29) is 11.9 Å². The molecule has 0 bridgehead atoms. The van der Waals surface area contributed by atoms with E-state index in [1.807, 2.05) is 24.0 Å². The Balaban J connectivity index is 1.54. The first kappa shape index (κ1) is 24.6. The molecule has 1 aliphatic rings. The van der Waals surface area contributed by atoms with Gasteiger partial charge in [0.2, 0.25) is 5.91 Å². The second-order valence-corrected chi connectivity index (χ2v) is 7.86. The molecule has 0 aliphatic carbocycles. The van der Waals surface area contributed by atoms with Crippen LogP contribution in [0.15, 0.2) is 36.5 Å². The van der Waals surface area contributed by atoms with Crippen LogP contribution in [0.25, 0.3) is 0 Å². The summed E-state index contributed by atoms with van der Waals surface area (Å²) < 4.78 is 48.9. The molecule has 1 atom stereocenters. The third kappa shape index (κ3) is 6.28. The van der Waals surface area contributed by atoms with E-state index in [0.29, 0.717) is 50.0 Å². The van der Waals surface area contributed by atoms with Gasteiger partial charge in [0.05, 0.1) is 25.8 Å². The van der Waals surface area contributed by atoms with Crippen molar-refractivity contribution in [3.63, 3.8) is 0 Å². The molecular formula is C23H29F3N4O3. The molecular weight excluding hydrogens is 437 g/mol. The Morgan fingerprint density at radius 1 is 1.09 bits per heavy atom. The molecule has 1 aromatic carbocycles. The lowest BCUT2D eigenvalue weighted by atomic mass is 10.2. The number of benzene rings is 1. The van der Waals surface area contributed by atoms with Crippen LogP contribution in [0.2, 0.25) is 0 Å². The van der Waals surface area contributed by atoms with E-state index in [4.69, 9.17) is 9.47 Å². The van der Waals surface area contributed by atoms with Gasteiger partial charge in [-0.1, -0.05) is 6.07 Å². The van der Waals surface area contributed by atoms with Crippen LogP contribution in [0.1, 0.15) is 24.5 Å². The molecule has 33 heavy (non-hydrogen) atoms. The lowest BCUT2D eigenvalue weighted by molar-refractivity contribution is -0.137. The van der Waals surface area contributed by atoms with Gasteiger partial charge in [0.15, 0.2) is 11.5 Å². The van der Waals surface area contributed by atoms with Crippen LogP contribution in [0.5, 0.6) is 11.5 Å². The summed E-state index contributed by atoms with van der Waals surface area (Å²) in [6, 6.07) is 7.60. The Labute approximate surface area is 191 Å². The highest BCUT2D eigenvalue weighted by molar-refractivity contribution is 5.81. The minimum absolute atomic E-state index is 0.0918. The van der Waals surface area contributed by atoms with E-state index in [0.717, 1.165) is 24.2 Å². The number of hydrogen-bond donors (Lipinski definition) is 1. The van der Waals surface area contributed by atoms with Gasteiger partial charge >= 0.3 is 6.18 Å². The van der Waals surface area contributed by atoms with Crippen LogP contribution in [0, 0.1) is 0 Å². The largest absolute Gasteiger partial charge is 0.493 e. The number of nitrogens with zero attached hydrogens (tertiary/aromatic N) is 3. The van der Waals surface area contributed by atoms with Gasteiger partial charge in [-0.25, -0.2) is 4.98 Å². The third-order valence-corrected chi connectivity index (χ3v) is 5.77. The Kier molecular flexibility index (Phi) is 8.01. The van der Waals surface area contributed by atoms with Gasteiger partial charge in [-0.15, -0.1) is 0 Å². The van der Waals surface area contributed by atoms with Gasteiger partial charge in [0.25, 0.3) is 0 Å². The van der Waals surface area contributed by atoms with Gasteiger partial charge in [-0.3, -0.25) is 9.69 Å². The highest BCUT2D eigenvalue weighted by Gasteiger charge is 2.31. The van der Waals surface area contributed by atoms with Crippen molar-refractivity contribution in [3.05, 3.63) is 47.7 Å². The molecule has 2 heterocycles. The maximum absolute atomic E-state index is 12.8. The minimum Gasteiger partial charge on any atom is -0.493 e. The molecule has 0 spiro atoms. The molecule has 1 aromatic heterocycles. The summed E-state index contributed by atoms with van der Waals surface area (Å²) in [5, 5.41) is 2.96. The second kappa shape index (κ2) is 10.7. The smallest absolute Gasteiger partial charge is 0.417 e. The van der Waals surface area contributed by atoms with Gasteiger partial charge < -0.3 is 19.7 Å². The average molecular weight is 467 g/mol. The predicted octanol–water partition coefficient (Wildman–Crippen LogP) is 3.33. The number of hydrogen-bond acceptors (Lipinski definition) is 6. The number of aromatic nitrogens is 1. The summed E-state index contributed by atoms with van der Waals surface area (Å²) in [5.41, 5.74) is 0.131. The summed E-state index contributed by atoms with van der Waals surface area (Å²) in [6.07, 6.45) is -2.76. The first-order valence-electron chi connectivity index (χ1n) is 10.7. The first-order valence-corrected chi connectivity index (χ1v) is 10.7. The minimum atomic E-state index is -4.40. The molecule has 1 amide bonds. The fraction of sp³-hybridized carbons (Fsp3) is 0.478. The molecule has 3 rings (SSSR count). The fourth-order valence-corrected chi connectivity index (χ4v) is 3.79. The standard InChI is InChI=1S/C23H29F3N4O3/c1-16(22(31)28-14-17-5-7-19(32-2)20(13-17)33-3)29-9-4-10-30(12-11-29)21-8-6-18(15-27-21)23(24,25)26/h5-8,13,15-16H,4,9-12,14H2,1-3H3,(H,28,31). The van der Waals surface area contributed by atoms with Crippen LogP contribution in [-0.2, 0) is 17.5 Å². The number of carbonyl (C=O) groups excluding carboxylic acids is 1. The van der Waals surface area contributed by atoms with Crippen molar-refractivity contribution >= 4 is 11.7 Å². The zero-order valence-electron chi connectivity index (χ0n) is 19.0. The van der Waals surface area contributed by atoms with Crippen molar-refractivity contribution < 1.29 is 27.4 Å². The zero-order chi connectivity index (χ0) is 24.0. The fourth-order valence-electron chi connectivity index (χ4n) is 3.79. The molecule has 7 nitrogen and oxygen atoms in total. The molecule has 0 saturated carbocycles. The second-order valence-electron chi connectivity index (χ2n) is 7.86. The van der Waals surface area contributed by atoms with Crippen LogP contribution in [0.4, 0.5) is 19.0 Å². The quantitative estimate of drug-likeness (QED) is 0.675. The predicted molar refractivity (Wildman–Crippen MR) is 118 cm³/mol. The topological polar surface area (TPSA) is 66.9 Å². The number of alkyl halides is 3. The number of anilines is 1. The van der Waals surface area contributed by atoms with Gasteiger partial charge in [-0.05, 0) is 43.2 Å². The van der Waals surface area contributed by atoms with Crippen LogP contribution >= 0.6 is 0 Å². The molecule has 10 heteroatoms. The number of carbonyl (C=O) groups is 1. The molecule has 2 aromatic rings. The maximum Gasteiger partial charge on any atom is 0.417 e. The number of rotatable bonds is 7. The SMILES string of the molecule is COc1ccc(CNC(=O)C(C)N2CCCN(c3ccc(C(F)(F)F)cn3)CC2)cc1OC. The molecule has 1 saturated heterocycles. The van der Waals surface area contributed by atoms with Crippen LogP contribution < -0.4 is 19.7 Å². The Morgan fingerprint density at radius 2 is 1.85 bits per heavy atom. The normalized spacial score (nSPS) is 16.1. The van der Waals surface area contributed by atoms with E-state index in [1.54, 1.807) is 20.3 Å². The van der Waals surface area contributed by atoms with Crippen molar-refractivity contribution in [2.75, 3.05) is 45.3 Å². The number of halogens is 3. The van der Waals surface area contributed by atoms with E-state index >= 15 is 0 Å². The molecule has 1 unspecified atom stereocenters. The van der Waals surface area contributed by atoms with Gasteiger partial charge in [0, 0.05) is 38.9 Å². The molecule has 1 fully saturated rings. The number of pyridine rings is 1. The number of amides is 1. The van der Waals surface area contributed by atoms with Crippen LogP contribution in [-0.4, -0.2) is 62.2 Å². The van der Waals surface area contributed by atoms with Crippen molar-refractivity contribution in [1.29, 1.82) is 0 Å². The van der Waals surface area contributed by atoms with E-state index in [9.17, 15) is 18.0 Å². The summed E-state index contributed by atoms with van der Waals surface area (Å²) in [6.45, 7) is 4.77. The maximum atomic E-state index is 12.8. The Hall–Kier alpha value is -3.01. The average Bonchev–Trinajstić information content (AvgIpc) is 3.07. The number of methoxy groups -OCH3 is 2. The first-order chi connectivity index (χ1) is 15.7. The van der Waals surface area contributed by atoms with Crippen molar-refractivity contribution in [3.8, 4) is 11.5 Å². The number of nitrogens with one attached hydrogen (secondary N) is 1. The van der Waals surface area contributed by atoms with Crippen molar-refractivity contribution in [2.24, 2.45) is 0 Å². The van der Waals surface area contributed by atoms with Crippen LogP contribution in [0.3, 0.4) is 0 Å². The zero-order valence-corrected chi connectivity index (χ0v) is 19.0. The summed E-state index contributed by atoms with van der Waals surface area (Å²) in [5.74, 6) is 1.64. The Morgan fingerprint density at radius 3 is 2.48 bits per heavy atom. The van der Waals surface area contributed by atoms with Gasteiger partial charge in [0.1, 0.15) is 5.82 Å². The van der Waals surface area contributed by atoms with E-state index in [2.05, 4.69) is 15.2 Å². The van der Waals surface area contributed by atoms with E-state index in [1.165, 1.54) is 6.07 Å². The molecule has 0 radical (unpaired) electrons. The monoisotopic (exact) mass is 466 g/mol. The lowest BCUT2D eigenvalue weighted by Gasteiger charge is -2.27. The van der Waals surface area contributed by atoms with Crippen molar-refractivity contribution in [2.45, 2.75) is 32.1 Å². The highest BCUT2D eigenvalue weighted by atomic mass is 19.4. The third-order valence-electron chi connectivity index (χ3n) is 5.77. The Bertz CT molecular complexity index is 938. The molecule has 180 valence electrons. The molecule has 1 N–H and O–H groups in total. The number of ether oxygens (including phenoxy) is 2. The summed E-state index contributed by atoms with van der Waals surface area (Å²) >= 11 is 0. The molecule has 1 aliphatic heterocycles.